The van der Waals surface area contributed by atoms with Crippen molar-refractivity contribution in [1.29, 1.82) is 5.26 Å². The lowest BCUT2D eigenvalue weighted by Gasteiger charge is -2.16. The van der Waals surface area contributed by atoms with Crippen molar-refractivity contribution in [3.63, 3.8) is 0 Å². The van der Waals surface area contributed by atoms with E-state index in [-0.39, 0.29) is 22.3 Å². The SMILES string of the molecule is CC(C)(C#N)CCCCN1C(=O)SC(=Cc2ccc(O)c(Br)c2)C1=O. The molecule has 0 spiro atoms. The van der Waals surface area contributed by atoms with Crippen molar-refractivity contribution in [2.75, 3.05) is 6.54 Å². The molecule has 0 bridgehead atoms. The van der Waals surface area contributed by atoms with Gasteiger partial charge in [-0.1, -0.05) is 12.5 Å². The minimum atomic E-state index is -0.384. The number of nitrogens with zero attached hydrogens (tertiary/aromatic N) is 2. The van der Waals surface area contributed by atoms with E-state index >= 15 is 0 Å². The summed E-state index contributed by atoms with van der Waals surface area (Å²) in [5.41, 5.74) is 0.344. The highest BCUT2D eigenvalue weighted by Gasteiger charge is 2.34. The molecule has 1 aliphatic rings. The number of carbonyl (C=O) groups excluding carboxylic acids is 2. The highest BCUT2D eigenvalue weighted by molar-refractivity contribution is 9.10. The minimum absolute atomic E-state index is 0.116. The van der Waals surface area contributed by atoms with Gasteiger partial charge in [0, 0.05) is 6.54 Å². The van der Waals surface area contributed by atoms with Crippen LogP contribution in [-0.2, 0) is 4.79 Å². The summed E-state index contributed by atoms with van der Waals surface area (Å²) >= 11 is 4.15. The van der Waals surface area contributed by atoms with Crippen molar-refractivity contribution in [3.8, 4) is 11.8 Å². The molecule has 2 rings (SSSR count). The molecule has 0 saturated carbocycles. The Hall–Kier alpha value is -1.78. The summed E-state index contributed by atoms with van der Waals surface area (Å²) in [6, 6.07) is 7.14. The summed E-state index contributed by atoms with van der Waals surface area (Å²) in [4.78, 5) is 26.1. The highest BCUT2D eigenvalue weighted by atomic mass is 79.9. The van der Waals surface area contributed by atoms with Crippen LogP contribution >= 0.6 is 27.7 Å². The van der Waals surface area contributed by atoms with Crippen LogP contribution in [0.1, 0.15) is 38.7 Å². The molecule has 1 N–H and O–H groups in total. The number of unbranched alkanes of at least 4 members (excludes halogenated alkanes) is 1. The third-order valence-corrected chi connectivity index (χ3v) is 5.42. The van der Waals surface area contributed by atoms with Crippen LogP contribution in [-0.4, -0.2) is 27.7 Å². The average molecular weight is 423 g/mol. The maximum Gasteiger partial charge on any atom is 0.293 e. The van der Waals surface area contributed by atoms with Crippen molar-refractivity contribution in [3.05, 3.63) is 33.1 Å². The summed E-state index contributed by atoms with van der Waals surface area (Å²) in [5, 5.41) is 18.2. The fourth-order valence-electron chi connectivity index (χ4n) is 2.35. The van der Waals surface area contributed by atoms with Crippen LogP contribution in [0, 0.1) is 16.7 Å². The van der Waals surface area contributed by atoms with Gasteiger partial charge in [0.2, 0.25) is 0 Å². The van der Waals surface area contributed by atoms with Crippen molar-refractivity contribution in [2.45, 2.75) is 33.1 Å². The van der Waals surface area contributed by atoms with E-state index in [1.165, 1.54) is 11.0 Å². The number of amides is 2. The van der Waals surface area contributed by atoms with E-state index in [0.717, 1.165) is 30.2 Å². The molecule has 1 saturated heterocycles. The lowest BCUT2D eigenvalue weighted by Crippen LogP contribution is -2.29. The molecule has 0 aliphatic carbocycles. The third kappa shape index (κ3) is 5.10. The summed E-state index contributed by atoms with van der Waals surface area (Å²) in [7, 11) is 0. The number of rotatable bonds is 6. The number of carbonyl (C=O) groups is 2. The largest absolute Gasteiger partial charge is 0.507 e. The summed E-state index contributed by atoms with van der Waals surface area (Å²) in [6.07, 6.45) is 3.85. The van der Waals surface area contributed by atoms with Gasteiger partial charge in [-0.2, -0.15) is 5.26 Å². The van der Waals surface area contributed by atoms with E-state index < -0.39 is 0 Å². The fraction of sp³-hybridized carbons (Fsp3) is 0.389. The quantitative estimate of drug-likeness (QED) is 0.519. The number of thioether (sulfide) groups is 1. The minimum Gasteiger partial charge on any atom is -0.507 e. The van der Waals surface area contributed by atoms with Crippen molar-refractivity contribution in [1.82, 2.24) is 4.90 Å². The number of halogens is 1. The monoisotopic (exact) mass is 422 g/mol. The van der Waals surface area contributed by atoms with Gasteiger partial charge in [0.1, 0.15) is 5.75 Å². The molecule has 25 heavy (non-hydrogen) atoms. The number of aromatic hydroxyl groups is 1. The zero-order chi connectivity index (χ0) is 18.6. The smallest absolute Gasteiger partial charge is 0.293 e. The molecule has 1 fully saturated rings. The maximum absolute atomic E-state index is 12.4. The lowest BCUT2D eigenvalue weighted by atomic mass is 9.89. The first-order chi connectivity index (χ1) is 11.7. The lowest BCUT2D eigenvalue weighted by molar-refractivity contribution is -0.122. The van der Waals surface area contributed by atoms with Crippen LogP contribution in [0.4, 0.5) is 4.79 Å². The predicted molar refractivity (Wildman–Crippen MR) is 102 cm³/mol. The standard InChI is InChI=1S/C18H19BrN2O3S/c1-18(2,11-20)7-3-4-8-21-16(23)15(25-17(21)24)10-12-5-6-14(22)13(19)9-12/h5-6,9-10,22H,3-4,7-8H2,1-2H3. The number of phenols is 1. The van der Waals surface area contributed by atoms with Crippen molar-refractivity contribution >= 4 is 44.9 Å². The summed E-state index contributed by atoms with van der Waals surface area (Å²) < 4.78 is 0.528. The molecule has 0 aromatic heterocycles. The van der Waals surface area contributed by atoms with Crippen molar-refractivity contribution < 1.29 is 14.7 Å². The summed E-state index contributed by atoms with van der Waals surface area (Å²) in [5.74, 6) is -0.177. The molecule has 5 nitrogen and oxygen atoms in total. The second-order valence-electron chi connectivity index (χ2n) is 6.50. The Morgan fingerprint density at radius 1 is 1.36 bits per heavy atom. The van der Waals surface area contributed by atoms with Gasteiger partial charge in [-0.15, -0.1) is 0 Å². The Bertz CT molecular complexity index is 768. The van der Waals surface area contributed by atoms with Gasteiger partial charge in [0.05, 0.1) is 20.9 Å². The molecule has 0 unspecified atom stereocenters. The van der Waals surface area contributed by atoms with Gasteiger partial charge in [0.25, 0.3) is 11.1 Å². The van der Waals surface area contributed by atoms with Gasteiger partial charge in [-0.3, -0.25) is 14.5 Å². The van der Waals surface area contributed by atoms with Gasteiger partial charge in [-0.05, 0) is 78.2 Å². The van der Waals surface area contributed by atoms with E-state index in [2.05, 4.69) is 22.0 Å². The Balaban J connectivity index is 1.98. The van der Waals surface area contributed by atoms with Gasteiger partial charge in [-0.25, -0.2) is 0 Å². The van der Waals surface area contributed by atoms with E-state index in [0.29, 0.717) is 22.3 Å². The Morgan fingerprint density at radius 3 is 2.72 bits per heavy atom. The van der Waals surface area contributed by atoms with Crippen LogP contribution in [0.25, 0.3) is 6.08 Å². The Kier molecular flexibility index (Phi) is 6.31. The zero-order valence-electron chi connectivity index (χ0n) is 14.1. The molecular formula is C18H19BrN2O3S. The Labute approximate surface area is 159 Å². The van der Waals surface area contributed by atoms with Gasteiger partial charge >= 0.3 is 0 Å². The van der Waals surface area contributed by atoms with E-state index in [9.17, 15) is 14.7 Å². The number of hydrogen-bond donors (Lipinski definition) is 1. The summed E-state index contributed by atoms with van der Waals surface area (Å²) in [6.45, 7) is 4.13. The van der Waals surface area contributed by atoms with Crippen LogP contribution in [0.5, 0.6) is 5.75 Å². The number of nitriles is 1. The number of imide groups is 1. The van der Waals surface area contributed by atoms with E-state index in [1.54, 1.807) is 18.2 Å². The number of phenolic OH excluding ortho intramolecular Hbond substituents is 1. The molecule has 0 atom stereocenters. The normalized spacial score (nSPS) is 16.6. The molecule has 7 heteroatoms. The van der Waals surface area contributed by atoms with Crippen molar-refractivity contribution in [2.24, 2.45) is 5.41 Å². The first-order valence-electron chi connectivity index (χ1n) is 7.89. The topological polar surface area (TPSA) is 81.4 Å². The predicted octanol–water partition coefficient (Wildman–Crippen LogP) is 4.91. The third-order valence-electron chi connectivity index (χ3n) is 3.88. The van der Waals surface area contributed by atoms with Crippen LogP contribution < -0.4 is 0 Å². The Morgan fingerprint density at radius 2 is 2.08 bits per heavy atom. The number of hydrogen-bond acceptors (Lipinski definition) is 5. The first-order valence-corrected chi connectivity index (χ1v) is 9.49. The second kappa shape index (κ2) is 8.07. The van der Waals surface area contributed by atoms with Crippen LogP contribution in [0.15, 0.2) is 27.6 Å². The first kappa shape index (κ1) is 19.5. The molecule has 0 radical (unpaired) electrons. The second-order valence-corrected chi connectivity index (χ2v) is 8.34. The molecule has 2 amide bonds. The van der Waals surface area contributed by atoms with Crippen LogP contribution in [0.3, 0.4) is 0 Å². The maximum atomic E-state index is 12.4. The molecule has 1 aromatic carbocycles. The van der Waals surface area contributed by atoms with Crippen LogP contribution in [0.2, 0.25) is 0 Å². The molecule has 1 aromatic rings. The fourth-order valence-corrected chi connectivity index (χ4v) is 3.61. The molecule has 132 valence electrons. The highest BCUT2D eigenvalue weighted by Crippen LogP contribution is 2.34. The van der Waals surface area contributed by atoms with Gasteiger partial charge < -0.3 is 5.11 Å². The van der Waals surface area contributed by atoms with Gasteiger partial charge in [0.15, 0.2) is 0 Å². The molecule has 1 aliphatic heterocycles. The number of benzene rings is 1. The van der Waals surface area contributed by atoms with E-state index in [1.807, 2.05) is 13.8 Å². The van der Waals surface area contributed by atoms with E-state index in [4.69, 9.17) is 5.26 Å². The molecule has 1 heterocycles. The zero-order valence-corrected chi connectivity index (χ0v) is 16.5. The molecular weight excluding hydrogens is 404 g/mol. The average Bonchev–Trinajstić information content (AvgIpc) is 2.82.